The molecule has 2 aromatic rings. The van der Waals surface area contributed by atoms with E-state index < -0.39 is 6.41 Å². The van der Waals surface area contributed by atoms with Crippen molar-refractivity contribution in [2.45, 2.75) is 12.8 Å². The standard InChI is InChI=1S/C18H17N2O2/c1-3-8-16-14(6-1)12-19-10-5-11-20-13-15-7-2-4-9-17(15)22-18(20)21-16/h1-4,6-9,12-13,18H,5,10-11H2/q+1. The molecule has 2 heterocycles. The molecule has 1 atom stereocenters. The van der Waals surface area contributed by atoms with Gasteiger partial charge in [-0.15, -0.1) is 0 Å². The van der Waals surface area contributed by atoms with E-state index >= 15 is 0 Å². The number of rotatable bonds is 0. The van der Waals surface area contributed by atoms with Crippen LogP contribution in [0.5, 0.6) is 11.5 Å². The van der Waals surface area contributed by atoms with E-state index in [0.717, 1.165) is 42.1 Å². The van der Waals surface area contributed by atoms with Gasteiger partial charge in [0.05, 0.1) is 5.56 Å². The first-order valence-electron chi connectivity index (χ1n) is 7.52. The maximum Gasteiger partial charge on any atom is 0.462 e. The largest absolute Gasteiger partial charge is 0.462 e. The summed E-state index contributed by atoms with van der Waals surface area (Å²) in [5.41, 5.74) is 2.06. The summed E-state index contributed by atoms with van der Waals surface area (Å²) in [6.07, 6.45) is 4.51. The van der Waals surface area contributed by atoms with Crippen LogP contribution < -0.4 is 9.47 Å². The van der Waals surface area contributed by atoms with Gasteiger partial charge in [-0.2, -0.15) is 4.58 Å². The van der Waals surface area contributed by atoms with Gasteiger partial charge in [-0.25, -0.2) is 0 Å². The summed E-state index contributed by atoms with van der Waals surface area (Å²) in [5, 5.41) is 0. The Labute approximate surface area is 129 Å². The topological polar surface area (TPSA) is 33.8 Å². The van der Waals surface area contributed by atoms with E-state index in [0.29, 0.717) is 0 Å². The smallest absolute Gasteiger partial charge is 0.401 e. The zero-order valence-corrected chi connectivity index (χ0v) is 12.2. The van der Waals surface area contributed by atoms with Gasteiger partial charge in [0.1, 0.15) is 11.5 Å². The second kappa shape index (κ2) is 5.64. The fourth-order valence-corrected chi connectivity index (χ4v) is 2.68. The third-order valence-electron chi connectivity index (χ3n) is 3.80. The second-order valence-electron chi connectivity index (χ2n) is 5.37. The van der Waals surface area contributed by atoms with E-state index in [4.69, 9.17) is 9.47 Å². The molecule has 110 valence electrons. The molecule has 2 aromatic carbocycles. The minimum absolute atomic E-state index is 0.442. The Kier molecular flexibility index (Phi) is 3.35. The molecule has 0 bridgehead atoms. The summed E-state index contributed by atoms with van der Waals surface area (Å²) >= 11 is 0. The highest BCUT2D eigenvalue weighted by molar-refractivity contribution is 5.83. The highest BCUT2D eigenvalue weighted by atomic mass is 16.7. The molecule has 22 heavy (non-hydrogen) atoms. The number of para-hydroxylation sites is 2. The quantitative estimate of drug-likeness (QED) is 0.700. The predicted octanol–water partition coefficient (Wildman–Crippen LogP) is 2.70. The van der Waals surface area contributed by atoms with Crippen LogP contribution in [-0.2, 0) is 0 Å². The molecule has 0 aliphatic carbocycles. The molecule has 0 saturated heterocycles. The van der Waals surface area contributed by atoms with Crippen molar-refractivity contribution >= 4 is 12.4 Å². The number of aliphatic imine (C=N–C) groups is 1. The number of ether oxygens (including phenoxy) is 2. The van der Waals surface area contributed by atoms with E-state index in [9.17, 15) is 0 Å². The van der Waals surface area contributed by atoms with Gasteiger partial charge in [0.25, 0.3) is 0 Å². The van der Waals surface area contributed by atoms with Crippen molar-refractivity contribution in [3.8, 4) is 11.5 Å². The molecule has 4 nitrogen and oxygen atoms in total. The van der Waals surface area contributed by atoms with Crippen molar-refractivity contribution in [2.75, 3.05) is 13.1 Å². The van der Waals surface area contributed by atoms with Gasteiger partial charge in [-0.3, -0.25) is 4.99 Å². The molecule has 0 aromatic heterocycles. The van der Waals surface area contributed by atoms with Crippen molar-refractivity contribution in [3.05, 3.63) is 59.7 Å². The molecule has 2 aliphatic heterocycles. The first kappa shape index (κ1) is 13.1. The summed E-state index contributed by atoms with van der Waals surface area (Å²) in [6.45, 7) is 1.64. The molecule has 0 fully saturated rings. The highest BCUT2D eigenvalue weighted by Gasteiger charge is 2.31. The van der Waals surface area contributed by atoms with Crippen LogP contribution in [0.3, 0.4) is 0 Å². The molecule has 0 radical (unpaired) electrons. The van der Waals surface area contributed by atoms with Crippen LogP contribution in [0.15, 0.2) is 53.5 Å². The van der Waals surface area contributed by atoms with Gasteiger partial charge >= 0.3 is 6.41 Å². The van der Waals surface area contributed by atoms with E-state index in [2.05, 4.69) is 21.8 Å². The van der Waals surface area contributed by atoms with Gasteiger partial charge in [0.2, 0.25) is 0 Å². The third kappa shape index (κ3) is 2.48. The van der Waals surface area contributed by atoms with Crippen molar-refractivity contribution in [2.24, 2.45) is 4.99 Å². The molecule has 0 N–H and O–H groups in total. The lowest BCUT2D eigenvalue weighted by molar-refractivity contribution is -0.639. The maximum atomic E-state index is 6.11. The molecule has 1 unspecified atom stereocenters. The van der Waals surface area contributed by atoms with Gasteiger partial charge < -0.3 is 9.47 Å². The third-order valence-corrected chi connectivity index (χ3v) is 3.80. The van der Waals surface area contributed by atoms with Crippen LogP contribution in [0, 0.1) is 0 Å². The zero-order valence-electron chi connectivity index (χ0n) is 12.2. The normalized spacial score (nSPS) is 19.6. The van der Waals surface area contributed by atoms with Crippen molar-refractivity contribution in [1.29, 1.82) is 0 Å². The minimum Gasteiger partial charge on any atom is -0.401 e. The van der Waals surface area contributed by atoms with Gasteiger partial charge in [-0.05, 0) is 24.3 Å². The first-order chi connectivity index (χ1) is 10.9. The number of hydrogen-bond donors (Lipinski definition) is 0. The van der Waals surface area contributed by atoms with Crippen LogP contribution in [0.25, 0.3) is 0 Å². The molecule has 0 saturated carbocycles. The Balaban J connectivity index is 1.74. The Morgan fingerprint density at radius 2 is 1.59 bits per heavy atom. The number of fused-ring (bicyclic) bond motifs is 3. The lowest BCUT2D eigenvalue weighted by atomic mass is 10.2. The van der Waals surface area contributed by atoms with Crippen LogP contribution in [-0.4, -0.2) is 36.5 Å². The Morgan fingerprint density at radius 3 is 2.41 bits per heavy atom. The molecule has 0 amide bonds. The van der Waals surface area contributed by atoms with Gasteiger partial charge in [0.15, 0.2) is 12.8 Å². The summed E-state index contributed by atoms with van der Waals surface area (Å²) in [5.74, 6) is 1.64. The lowest BCUT2D eigenvalue weighted by Gasteiger charge is -2.23. The van der Waals surface area contributed by atoms with Crippen LogP contribution in [0.1, 0.15) is 17.5 Å². The van der Waals surface area contributed by atoms with E-state index in [-0.39, 0.29) is 0 Å². The monoisotopic (exact) mass is 293 g/mol. The van der Waals surface area contributed by atoms with Gasteiger partial charge in [-0.1, -0.05) is 24.3 Å². The second-order valence-corrected chi connectivity index (χ2v) is 5.37. The van der Waals surface area contributed by atoms with Crippen LogP contribution in [0.2, 0.25) is 0 Å². The summed E-state index contributed by atoms with van der Waals surface area (Å²) in [7, 11) is 0. The number of benzene rings is 2. The van der Waals surface area contributed by atoms with Crippen LogP contribution in [0.4, 0.5) is 0 Å². The summed E-state index contributed by atoms with van der Waals surface area (Å²) < 4.78 is 14.3. The maximum absolute atomic E-state index is 6.11. The molecular weight excluding hydrogens is 276 g/mol. The van der Waals surface area contributed by atoms with Crippen molar-refractivity contribution < 1.29 is 14.0 Å². The highest BCUT2D eigenvalue weighted by Crippen LogP contribution is 2.25. The SMILES string of the molecule is C1=NCCC[N+]2=Cc3ccccc3OC2Oc2ccccc21. The molecule has 2 aliphatic rings. The minimum atomic E-state index is -0.442. The molecule has 0 spiro atoms. The molecular formula is C18H17N2O2+. The predicted molar refractivity (Wildman–Crippen MR) is 85.3 cm³/mol. The lowest BCUT2D eigenvalue weighted by Crippen LogP contribution is -2.41. The van der Waals surface area contributed by atoms with E-state index in [1.165, 1.54) is 0 Å². The van der Waals surface area contributed by atoms with Crippen molar-refractivity contribution in [1.82, 2.24) is 0 Å². The fourth-order valence-electron chi connectivity index (χ4n) is 2.68. The Hall–Kier alpha value is -2.62. The van der Waals surface area contributed by atoms with Crippen molar-refractivity contribution in [3.63, 3.8) is 0 Å². The Bertz CT molecular complexity index is 752. The first-order valence-corrected chi connectivity index (χ1v) is 7.52. The zero-order chi connectivity index (χ0) is 14.8. The number of hydrogen-bond acceptors (Lipinski definition) is 3. The molecule has 4 rings (SSSR count). The van der Waals surface area contributed by atoms with Gasteiger partial charge in [0, 0.05) is 24.7 Å². The van der Waals surface area contributed by atoms with Crippen LogP contribution >= 0.6 is 0 Å². The molecule has 4 heteroatoms. The Morgan fingerprint density at radius 1 is 0.909 bits per heavy atom. The van der Waals surface area contributed by atoms with E-state index in [1.807, 2.05) is 48.7 Å². The summed E-state index contributed by atoms with van der Waals surface area (Å²) in [4.78, 5) is 4.47. The number of nitrogens with zero attached hydrogens (tertiary/aromatic N) is 2. The average Bonchev–Trinajstić information content (AvgIpc) is 2.56. The fraction of sp³-hybridized carbons (Fsp3) is 0.222. The van der Waals surface area contributed by atoms with E-state index in [1.54, 1.807) is 0 Å². The average molecular weight is 293 g/mol. The summed E-state index contributed by atoms with van der Waals surface area (Å²) in [6, 6.07) is 15.9.